The lowest BCUT2D eigenvalue weighted by Gasteiger charge is -2.23. The molecule has 216 valence electrons. The first kappa shape index (κ1) is 26.3. The van der Waals surface area contributed by atoms with Gasteiger partial charge in [-0.1, -0.05) is 95.3 Å². The molecule has 9 rings (SSSR count). The first-order valence-electron chi connectivity index (χ1n) is 16.0. The van der Waals surface area contributed by atoms with E-state index in [0.29, 0.717) is 0 Å². The predicted octanol–water partition coefficient (Wildman–Crippen LogP) is 9.80. The van der Waals surface area contributed by atoms with Gasteiger partial charge in [-0.05, 0) is 96.7 Å². The SMILES string of the molecule is CC(C)(C)c1ccc2[n+](c1)-[n+]1ccccc1-c1cc3ccc4ccccc4c3cc1-c1cc3c(cc1-2)C(C)(C)c1ccccc1-3. The van der Waals surface area contributed by atoms with Crippen LogP contribution < -0.4 is 9.35 Å². The van der Waals surface area contributed by atoms with Crippen LogP contribution >= 0.6 is 0 Å². The van der Waals surface area contributed by atoms with Crippen LogP contribution in [0, 0.1) is 0 Å². The van der Waals surface area contributed by atoms with Gasteiger partial charge >= 0.3 is 0 Å². The third-order valence-electron chi connectivity index (χ3n) is 10.3. The van der Waals surface area contributed by atoms with Crippen molar-refractivity contribution in [3.05, 3.63) is 144 Å². The summed E-state index contributed by atoms with van der Waals surface area (Å²) in [5.74, 6) is 0. The zero-order valence-electron chi connectivity index (χ0n) is 26.5. The van der Waals surface area contributed by atoms with Crippen LogP contribution in [-0.4, -0.2) is 0 Å². The highest BCUT2D eigenvalue weighted by Crippen LogP contribution is 2.52. The lowest BCUT2D eigenvalue weighted by molar-refractivity contribution is -1.29. The second-order valence-corrected chi connectivity index (χ2v) is 14.3. The molecule has 0 saturated heterocycles. The van der Waals surface area contributed by atoms with E-state index in [0.717, 1.165) is 0 Å². The maximum Gasteiger partial charge on any atom is 0.284 e. The summed E-state index contributed by atoms with van der Waals surface area (Å²) in [5.41, 5.74) is 14.1. The average molecular weight is 581 g/mol. The van der Waals surface area contributed by atoms with Crippen molar-refractivity contribution >= 4 is 21.5 Å². The molecular formula is C43H36N2+2. The topological polar surface area (TPSA) is 7.76 Å². The third-order valence-corrected chi connectivity index (χ3v) is 10.3. The molecule has 0 radical (unpaired) electrons. The third kappa shape index (κ3) is 3.69. The summed E-state index contributed by atoms with van der Waals surface area (Å²) in [5, 5.41) is 5.11. The van der Waals surface area contributed by atoms with Crippen LogP contribution in [0.15, 0.2) is 128 Å². The number of benzene rings is 5. The first-order valence-corrected chi connectivity index (χ1v) is 16.0. The molecule has 2 aromatic heterocycles. The number of hydrogen-bond acceptors (Lipinski definition) is 0. The van der Waals surface area contributed by atoms with Gasteiger partial charge in [0, 0.05) is 29.2 Å². The van der Waals surface area contributed by atoms with E-state index in [1.54, 1.807) is 0 Å². The molecule has 3 heterocycles. The molecule has 1 aliphatic carbocycles. The van der Waals surface area contributed by atoms with Crippen molar-refractivity contribution in [2.75, 3.05) is 0 Å². The summed E-state index contributed by atoms with van der Waals surface area (Å²) < 4.78 is 4.72. The van der Waals surface area contributed by atoms with E-state index in [2.05, 4.69) is 172 Å². The first-order chi connectivity index (χ1) is 21.7. The summed E-state index contributed by atoms with van der Waals surface area (Å²) in [7, 11) is 0. The summed E-state index contributed by atoms with van der Waals surface area (Å²) in [6, 6.07) is 43.4. The van der Waals surface area contributed by atoms with Gasteiger partial charge in [0.15, 0.2) is 0 Å². The molecule has 2 aliphatic rings. The molecule has 7 aromatic rings. The van der Waals surface area contributed by atoms with Gasteiger partial charge in [-0.2, -0.15) is 0 Å². The number of rotatable bonds is 0. The minimum atomic E-state index is -0.0903. The van der Waals surface area contributed by atoms with Gasteiger partial charge in [0.2, 0.25) is 12.4 Å². The van der Waals surface area contributed by atoms with Crippen molar-refractivity contribution in [1.82, 2.24) is 0 Å². The van der Waals surface area contributed by atoms with Crippen LogP contribution in [0.2, 0.25) is 0 Å². The molecule has 2 heteroatoms. The van der Waals surface area contributed by atoms with Crippen molar-refractivity contribution in [2.24, 2.45) is 0 Å². The zero-order valence-corrected chi connectivity index (χ0v) is 26.5. The Hall–Kier alpha value is -5.08. The van der Waals surface area contributed by atoms with Crippen LogP contribution in [0.1, 0.15) is 51.3 Å². The van der Waals surface area contributed by atoms with Crippen molar-refractivity contribution in [1.29, 1.82) is 0 Å². The fourth-order valence-corrected chi connectivity index (χ4v) is 7.83. The van der Waals surface area contributed by atoms with Gasteiger partial charge in [-0.15, -0.1) is 0 Å². The molecule has 45 heavy (non-hydrogen) atoms. The van der Waals surface area contributed by atoms with Crippen molar-refractivity contribution < 1.29 is 9.35 Å². The number of hydrogen-bond donors (Lipinski definition) is 0. The van der Waals surface area contributed by atoms with Gasteiger partial charge in [-0.3, -0.25) is 0 Å². The number of nitrogens with zero attached hydrogens (tertiary/aromatic N) is 2. The quantitative estimate of drug-likeness (QED) is 0.125. The maximum atomic E-state index is 2.50. The Balaban J connectivity index is 1.47. The standard InChI is InChI=1S/C43H36N2/c1-42(2,3)29-19-20-41-37-25-39-35(31-14-8-9-15-38(31)43(39,4)5)24-34(37)33-23-32-28(18-17-27-12-6-7-13-30(27)32)22-36(33)40-16-10-11-21-44(40)45(41)26-29/h6-26H,1-5H3/q+2. The van der Waals surface area contributed by atoms with Gasteiger partial charge in [0.1, 0.15) is 0 Å². The molecule has 2 nitrogen and oxygen atoms in total. The van der Waals surface area contributed by atoms with E-state index >= 15 is 0 Å². The highest BCUT2D eigenvalue weighted by Gasteiger charge is 2.40. The summed E-state index contributed by atoms with van der Waals surface area (Å²) in [6.45, 7) is 11.6. The lowest BCUT2D eigenvalue weighted by atomic mass is 9.80. The Bertz CT molecular complexity index is 2390. The lowest BCUT2D eigenvalue weighted by Crippen LogP contribution is -2.68. The van der Waals surface area contributed by atoms with Crippen LogP contribution in [-0.2, 0) is 10.8 Å². The van der Waals surface area contributed by atoms with E-state index in [9.17, 15) is 0 Å². The maximum absolute atomic E-state index is 2.50. The van der Waals surface area contributed by atoms with Gasteiger partial charge < -0.3 is 0 Å². The molecule has 1 aliphatic heterocycles. The van der Waals surface area contributed by atoms with Gasteiger partial charge in [0.05, 0.1) is 20.5 Å². The number of pyridine rings is 2. The second kappa shape index (κ2) is 8.99. The molecule has 5 aromatic carbocycles. The molecule has 0 bridgehead atoms. The van der Waals surface area contributed by atoms with E-state index in [4.69, 9.17) is 0 Å². The molecule has 0 saturated carbocycles. The van der Waals surface area contributed by atoms with E-state index in [1.165, 1.54) is 83.0 Å². The highest BCUT2D eigenvalue weighted by atomic mass is 15.5. The normalized spacial score (nSPS) is 14.1. The Morgan fingerprint density at radius 2 is 1.20 bits per heavy atom. The van der Waals surface area contributed by atoms with Crippen molar-refractivity contribution in [2.45, 2.75) is 45.4 Å². The monoisotopic (exact) mass is 580 g/mol. The Morgan fingerprint density at radius 1 is 0.489 bits per heavy atom. The highest BCUT2D eigenvalue weighted by molar-refractivity contribution is 6.11. The number of aromatic nitrogens is 2. The summed E-state index contributed by atoms with van der Waals surface area (Å²) in [4.78, 5) is 0. The Labute approximate surface area is 264 Å². The largest absolute Gasteiger partial charge is 0.284 e. The fraction of sp³-hybridized carbons (Fsp3) is 0.163. The minimum absolute atomic E-state index is 0.0134. The molecule has 0 N–H and O–H groups in total. The molecule has 0 atom stereocenters. The van der Waals surface area contributed by atoms with Crippen LogP contribution in [0.5, 0.6) is 0 Å². The zero-order chi connectivity index (χ0) is 30.7. The molecular weight excluding hydrogens is 544 g/mol. The minimum Gasteiger partial charge on any atom is -0.0619 e. The summed E-state index contributed by atoms with van der Waals surface area (Å²) in [6.07, 6.45) is 4.55. The van der Waals surface area contributed by atoms with E-state index < -0.39 is 0 Å². The second-order valence-electron chi connectivity index (χ2n) is 14.3. The van der Waals surface area contributed by atoms with Crippen molar-refractivity contribution in [3.63, 3.8) is 0 Å². The molecule has 0 amide bonds. The van der Waals surface area contributed by atoms with Gasteiger partial charge in [0.25, 0.3) is 11.4 Å². The summed E-state index contributed by atoms with van der Waals surface area (Å²) >= 11 is 0. The predicted molar refractivity (Wildman–Crippen MR) is 185 cm³/mol. The van der Waals surface area contributed by atoms with E-state index in [1.807, 2.05) is 0 Å². The molecule has 0 spiro atoms. The Kier molecular flexibility index (Phi) is 5.26. The smallest absolute Gasteiger partial charge is 0.0619 e. The van der Waals surface area contributed by atoms with Crippen LogP contribution in [0.4, 0.5) is 0 Å². The average Bonchev–Trinajstić information content (AvgIpc) is 3.28. The van der Waals surface area contributed by atoms with Crippen LogP contribution in [0.25, 0.3) is 66.3 Å². The van der Waals surface area contributed by atoms with E-state index in [-0.39, 0.29) is 10.8 Å². The number of fused-ring (bicyclic) bond motifs is 14. The van der Waals surface area contributed by atoms with Crippen molar-refractivity contribution in [3.8, 4) is 44.8 Å². The van der Waals surface area contributed by atoms with Gasteiger partial charge in [-0.25, -0.2) is 0 Å². The molecule has 0 fully saturated rings. The Morgan fingerprint density at radius 3 is 2.07 bits per heavy atom. The van der Waals surface area contributed by atoms with Crippen LogP contribution in [0.3, 0.4) is 0 Å². The fourth-order valence-electron chi connectivity index (χ4n) is 7.83. The molecule has 0 unspecified atom stereocenters.